The zero-order valence-electron chi connectivity index (χ0n) is 11.3. The monoisotopic (exact) mass is 267 g/mol. The van der Waals surface area contributed by atoms with Gasteiger partial charge in [-0.2, -0.15) is 0 Å². The molecule has 2 rings (SSSR count). The lowest BCUT2D eigenvalue weighted by Crippen LogP contribution is -2.49. The Morgan fingerprint density at radius 2 is 2.58 bits per heavy atom. The summed E-state index contributed by atoms with van der Waals surface area (Å²) < 4.78 is 10.5. The van der Waals surface area contributed by atoms with Crippen molar-refractivity contribution in [3.05, 3.63) is 18.2 Å². The summed E-state index contributed by atoms with van der Waals surface area (Å²) in [4.78, 5) is 21.3. The molecule has 19 heavy (non-hydrogen) atoms. The Morgan fingerprint density at radius 1 is 1.68 bits per heavy atom. The summed E-state index contributed by atoms with van der Waals surface area (Å²) in [6, 6.07) is 0.137. The van der Waals surface area contributed by atoms with Crippen LogP contribution in [0.1, 0.15) is 18.7 Å². The van der Waals surface area contributed by atoms with E-state index in [0.717, 1.165) is 12.2 Å². The van der Waals surface area contributed by atoms with Crippen LogP contribution < -0.4 is 0 Å². The van der Waals surface area contributed by atoms with Crippen molar-refractivity contribution in [1.29, 1.82) is 0 Å². The highest BCUT2D eigenvalue weighted by Gasteiger charge is 2.26. The van der Waals surface area contributed by atoms with Gasteiger partial charge in [0.2, 0.25) is 5.91 Å². The molecule has 0 bridgehead atoms. The summed E-state index contributed by atoms with van der Waals surface area (Å²) in [6.07, 6.45) is 5.44. The van der Waals surface area contributed by atoms with E-state index in [1.807, 2.05) is 4.90 Å². The molecule has 1 unspecified atom stereocenters. The van der Waals surface area contributed by atoms with Crippen LogP contribution in [0.2, 0.25) is 0 Å². The van der Waals surface area contributed by atoms with Gasteiger partial charge >= 0.3 is 0 Å². The molecule has 1 aromatic heterocycles. The molecule has 6 heteroatoms. The Kier molecular flexibility index (Phi) is 5.35. The largest absolute Gasteiger partial charge is 0.385 e. The number of methoxy groups -OCH3 is 1. The van der Waals surface area contributed by atoms with Crippen molar-refractivity contribution in [3.63, 3.8) is 0 Å². The number of amides is 1. The minimum absolute atomic E-state index is 0.137. The number of hydrogen-bond acceptors (Lipinski definition) is 4. The minimum atomic E-state index is 0.137. The number of carbonyl (C=O) groups is 1. The fourth-order valence-electron chi connectivity index (χ4n) is 2.28. The van der Waals surface area contributed by atoms with Crippen LogP contribution in [0, 0.1) is 0 Å². The standard InChI is InChI=1S/C13H21N3O3/c1-18-8-4-11-10-19-9-7-16(11)13(17)3-2-12-14-5-6-15-12/h5-6,11H,2-4,7-10H2,1H3,(H,14,15). The average Bonchev–Trinajstić information content (AvgIpc) is 2.96. The highest BCUT2D eigenvalue weighted by molar-refractivity contribution is 5.76. The number of rotatable bonds is 6. The SMILES string of the molecule is COCCC1COCCN1C(=O)CCc1ncc[nH]1. The van der Waals surface area contributed by atoms with Crippen molar-refractivity contribution < 1.29 is 14.3 Å². The molecule has 0 aromatic carbocycles. The van der Waals surface area contributed by atoms with E-state index in [1.165, 1.54) is 0 Å². The number of imidazole rings is 1. The lowest BCUT2D eigenvalue weighted by molar-refractivity contribution is -0.140. The van der Waals surface area contributed by atoms with E-state index in [2.05, 4.69) is 9.97 Å². The van der Waals surface area contributed by atoms with Gasteiger partial charge in [0.25, 0.3) is 0 Å². The maximum absolute atomic E-state index is 12.3. The van der Waals surface area contributed by atoms with Crippen LogP contribution >= 0.6 is 0 Å². The van der Waals surface area contributed by atoms with E-state index in [1.54, 1.807) is 19.5 Å². The van der Waals surface area contributed by atoms with Gasteiger partial charge in [0, 0.05) is 45.5 Å². The molecule has 0 aliphatic carbocycles. The van der Waals surface area contributed by atoms with E-state index < -0.39 is 0 Å². The number of hydrogen-bond donors (Lipinski definition) is 1. The van der Waals surface area contributed by atoms with Gasteiger partial charge in [-0.3, -0.25) is 4.79 Å². The van der Waals surface area contributed by atoms with Gasteiger partial charge in [-0.25, -0.2) is 4.98 Å². The van der Waals surface area contributed by atoms with E-state index in [9.17, 15) is 4.79 Å². The maximum atomic E-state index is 12.3. The van der Waals surface area contributed by atoms with E-state index in [0.29, 0.717) is 39.2 Å². The third kappa shape index (κ3) is 4.04. The topological polar surface area (TPSA) is 67.5 Å². The van der Waals surface area contributed by atoms with Gasteiger partial charge in [0.15, 0.2) is 0 Å². The lowest BCUT2D eigenvalue weighted by Gasteiger charge is -2.35. The number of morpholine rings is 1. The van der Waals surface area contributed by atoms with Crippen molar-refractivity contribution in [2.75, 3.05) is 33.5 Å². The van der Waals surface area contributed by atoms with Crippen molar-refractivity contribution in [2.24, 2.45) is 0 Å². The average molecular weight is 267 g/mol. The number of ether oxygens (including phenoxy) is 2. The Labute approximate surface area is 113 Å². The molecule has 0 spiro atoms. The zero-order chi connectivity index (χ0) is 13.5. The fourth-order valence-corrected chi connectivity index (χ4v) is 2.28. The second kappa shape index (κ2) is 7.25. The van der Waals surface area contributed by atoms with Gasteiger partial charge in [0.05, 0.1) is 19.3 Å². The Balaban J connectivity index is 1.84. The van der Waals surface area contributed by atoms with Crippen molar-refractivity contribution in [2.45, 2.75) is 25.3 Å². The Hall–Kier alpha value is -1.40. The maximum Gasteiger partial charge on any atom is 0.223 e. The third-order valence-corrected chi connectivity index (χ3v) is 3.33. The number of aromatic nitrogens is 2. The molecule has 1 aromatic rings. The molecule has 1 N–H and O–H groups in total. The number of nitrogens with zero attached hydrogens (tertiary/aromatic N) is 2. The summed E-state index contributed by atoms with van der Waals surface area (Å²) in [5.41, 5.74) is 0. The number of aromatic amines is 1. The van der Waals surface area contributed by atoms with E-state index in [-0.39, 0.29) is 11.9 Å². The summed E-state index contributed by atoms with van der Waals surface area (Å²) in [5.74, 6) is 1.02. The van der Waals surface area contributed by atoms with Gasteiger partial charge in [-0.15, -0.1) is 0 Å². The van der Waals surface area contributed by atoms with Crippen LogP contribution in [0.4, 0.5) is 0 Å². The van der Waals surface area contributed by atoms with Gasteiger partial charge in [0.1, 0.15) is 5.82 Å². The van der Waals surface area contributed by atoms with Gasteiger partial charge in [-0.1, -0.05) is 0 Å². The molecular weight excluding hydrogens is 246 g/mol. The molecule has 1 atom stereocenters. The second-order valence-electron chi connectivity index (χ2n) is 4.63. The molecule has 106 valence electrons. The summed E-state index contributed by atoms with van der Waals surface area (Å²) in [5, 5.41) is 0. The summed E-state index contributed by atoms with van der Waals surface area (Å²) >= 11 is 0. The number of aryl methyl sites for hydroxylation is 1. The molecular formula is C13H21N3O3. The predicted octanol–water partition coefficient (Wildman–Crippen LogP) is 0.606. The molecule has 1 saturated heterocycles. The first-order valence-corrected chi connectivity index (χ1v) is 6.65. The molecule has 1 fully saturated rings. The molecule has 0 saturated carbocycles. The fraction of sp³-hybridized carbons (Fsp3) is 0.692. The Bertz CT molecular complexity index is 380. The van der Waals surface area contributed by atoms with Gasteiger partial charge in [-0.05, 0) is 6.42 Å². The van der Waals surface area contributed by atoms with Crippen LogP contribution in [0.25, 0.3) is 0 Å². The first kappa shape index (κ1) is 14.0. The van der Waals surface area contributed by atoms with Crippen LogP contribution in [-0.4, -0.2) is 60.3 Å². The number of nitrogens with one attached hydrogen (secondary N) is 1. The van der Waals surface area contributed by atoms with E-state index in [4.69, 9.17) is 9.47 Å². The predicted molar refractivity (Wildman–Crippen MR) is 69.7 cm³/mol. The second-order valence-corrected chi connectivity index (χ2v) is 4.63. The molecule has 6 nitrogen and oxygen atoms in total. The third-order valence-electron chi connectivity index (χ3n) is 3.33. The van der Waals surface area contributed by atoms with Crippen LogP contribution in [0.3, 0.4) is 0 Å². The molecule has 2 heterocycles. The van der Waals surface area contributed by atoms with Crippen molar-refractivity contribution in [1.82, 2.24) is 14.9 Å². The molecule has 1 aliphatic heterocycles. The van der Waals surface area contributed by atoms with Crippen LogP contribution in [0.5, 0.6) is 0 Å². The molecule has 1 amide bonds. The highest BCUT2D eigenvalue weighted by Crippen LogP contribution is 2.13. The van der Waals surface area contributed by atoms with E-state index >= 15 is 0 Å². The Morgan fingerprint density at radius 3 is 3.32 bits per heavy atom. The zero-order valence-corrected chi connectivity index (χ0v) is 11.3. The highest BCUT2D eigenvalue weighted by atomic mass is 16.5. The molecule has 0 radical (unpaired) electrons. The normalized spacial score (nSPS) is 19.6. The minimum Gasteiger partial charge on any atom is -0.385 e. The first-order chi connectivity index (χ1) is 9.31. The smallest absolute Gasteiger partial charge is 0.223 e. The molecule has 1 aliphatic rings. The quantitative estimate of drug-likeness (QED) is 0.820. The van der Waals surface area contributed by atoms with Crippen molar-refractivity contribution >= 4 is 5.91 Å². The number of carbonyl (C=O) groups excluding carboxylic acids is 1. The lowest BCUT2D eigenvalue weighted by atomic mass is 10.1. The van der Waals surface area contributed by atoms with Crippen LogP contribution in [-0.2, 0) is 20.7 Å². The number of H-pyrrole nitrogens is 1. The van der Waals surface area contributed by atoms with Gasteiger partial charge < -0.3 is 19.4 Å². The summed E-state index contributed by atoms with van der Waals surface area (Å²) in [6.45, 7) is 2.55. The first-order valence-electron chi connectivity index (χ1n) is 6.65. The van der Waals surface area contributed by atoms with Crippen molar-refractivity contribution in [3.8, 4) is 0 Å². The van der Waals surface area contributed by atoms with Crippen LogP contribution in [0.15, 0.2) is 12.4 Å². The summed E-state index contributed by atoms with van der Waals surface area (Å²) in [7, 11) is 1.67.